The SMILES string of the molecule is CCN(CC)C(=O)C(C)NC(=O)c1ccc(F)cc1O. The Labute approximate surface area is 117 Å². The highest BCUT2D eigenvalue weighted by Gasteiger charge is 2.21. The minimum absolute atomic E-state index is 0.0643. The minimum atomic E-state index is -0.716. The molecule has 2 N–H and O–H groups in total. The fraction of sp³-hybridized carbons (Fsp3) is 0.429. The van der Waals surface area contributed by atoms with Crippen LogP contribution in [0.15, 0.2) is 18.2 Å². The molecule has 110 valence electrons. The maximum atomic E-state index is 12.8. The van der Waals surface area contributed by atoms with Crippen molar-refractivity contribution >= 4 is 11.8 Å². The number of halogens is 1. The van der Waals surface area contributed by atoms with Gasteiger partial charge in [-0.2, -0.15) is 0 Å². The van der Waals surface area contributed by atoms with Crippen molar-refractivity contribution < 1.29 is 19.1 Å². The summed E-state index contributed by atoms with van der Waals surface area (Å²) in [7, 11) is 0. The molecule has 0 aliphatic carbocycles. The third-order valence-electron chi connectivity index (χ3n) is 3.00. The van der Waals surface area contributed by atoms with E-state index in [0.717, 1.165) is 12.1 Å². The summed E-state index contributed by atoms with van der Waals surface area (Å²) in [6.07, 6.45) is 0. The fourth-order valence-corrected chi connectivity index (χ4v) is 1.84. The number of benzene rings is 1. The second-order valence-corrected chi connectivity index (χ2v) is 4.37. The van der Waals surface area contributed by atoms with Crippen LogP contribution < -0.4 is 5.32 Å². The Hall–Kier alpha value is -2.11. The predicted octanol–water partition coefficient (Wildman–Crippen LogP) is 1.52. The molecule has 0 radical (unpaired) electrons. The molecule has 0 saturated carbocycles. The van der Waals surface area contributed by atoms with E-state index in [2.05, 4.69) is 5.32 Å². The van der Waals surface area contributed by atoms with Crippen molar-refractivity contribution in [3.05, 3.63) is 29.6 Å². The van der Waals surface area contributed by atoms with E-state index >= 15 is 0 Å². The molecular weight excluding hydrogens is 263 g/mol. The largest absolute Gasteiger partial charge is 0.507 e. The van der Waals surface area contributed by atoms with Crippen LogP contribution in [-0.2, 0) is 4.79 Å². The molecule has 0 bridgehead atoms. The van der Waals surface area contributed by atoms with Gasteiger partial charge in [0.15, 0.2) is 0 Å². The average Bonchev–Trinajstić information content (AvgIpc) is 2.39. The molecule has 2 amide bonds. The summed E-state index contributed by atoms with van der Waals surface area (Å²) in [6.45, 7) is 6.37. The van der Waals surface area contributed by atoms with Crippen molar-refractivity contribution in [2.75, 3.05) is 13.1 Å². The van der Waals surface area contributed by atoms with Crippen LogP contribution in [0.2, 0.25) is 0 Å². The van der Waals surface area contributed by atoms with Crippen LogP contribution in [0.1, 0.15) is 31.1 Å². The van der Waals surface area contributed by atoms with Crippen molar-refractivity contribution in [2.45, 2.75) is 26.8 Å². The van der Waals surface area contributed by atoms with Crippen molar-refractivity contribution in [1.82, 2.24) is 10.2 Å². The molecule has 0 aliphatic rings. The molecule has 0 aliphatic heterocycles. The predicted molar refractivity (Wildman–Crippen MR) is 72.9 cm³/mol. The zero-order chi connectivity index (χ0) is 15.3. The maximum absolute atomic E-state index is 12.8. The van der Waals surface area contributed by atoms with Crippen LogP contribution in [0, 0.1) is 5.82 Å². The number of carbonyl (C=O) groups is 2. The molecule has 1 atom stereocenters. The lowest BCUT2D eigenvalue weighted by molar-refractivity contribution is -0.132. The van der Waals surface area contributed by atoms with Crippen LogP contribution in [0.5, 0.6) is 5.75 Å². The molecule has 1 unspecified atom stereocenters. The maximum Gasteiger partial charge on any atom is 0.255 e. The number of hydrogen-bond donors (Lipinski definition) is 2. The van der Waals surface area contributed by atoms with Gasteiger partial charge in [0.2, 0.25) is 5.91 Å². The topological polar surface area (TPSA) is 69.6 Å². The Kier molecular flexibility index (Phi) is 5.49. The minimum Gasteiger partial charge on any atom is -0.507 e. The monoisotopic (exact) mass is 282 g/mol. The summed E-state index contributed by atoms with van der Waals surface area (Å²) in [5.41, 5.74) is -0.0643. The first kappa shape index (κ1) is 15.9. The van der Waals surface area contributed by atoms with Crippen molar-refractivity contribution in [2.24, 2.45) is 0 Å². The first-order valence-electron chi connectivity index (χ1n) is 6.48. The second-order valence-electron chi connectivity index (χ2n) is 4.37. The van der Waals surface area contributed by atoms with Crippen molar-refractivity contribution in [3.63, 3.8) is 0 Å². The molecule has 1 aromatic rings. The third-order valence-corrected chi connectivity index (χ3v) is 3.00. The number of likely N-dealkylation sites (N-methyl/N-ethyl adjacent to an activating group) is 1. The van der Waals surface area contributed by atoms with Gasteiger partial charge in [-0.25, -0.2) is 4.39 Å². The van der Waals surface area contributed by atoms with E-state index < -0.39 is 23.5 Å². The first-order chi connectivity index (χ1) is 9.40. The van der Waals surface area contributed by atoms with Crippen molar-refractivity contribution in [3.8, 4) is 5.75 Å². The Bertz CT molecular complexity index is 501. The highest BCUT2D eigenvalue weighted by molar-refractivity contribution is 5.99. The Morgan fingerprint density at radius 1 is 1.35 bits per heavy atom. The molecule has 0 heterocycles. The number of phenols is 1. The molecule has 5 nitrogen and oxygen atoms in total. The molecule has 1 aromatic carbocycles. The Balaban J connectivity index is 2.77. The smallest absolute Gasteiger partial charge is 0.255 e. The average molecular weight is 282 g/mol. The van der Waals surface area contributed by atoms with E-state index in [1.165, 1.54) is 6.07 Å². The summed E-state index contributed by atoms with van der Waals surface area (Å²) in [5, 5.41) is 12.0. The van der Waals surface area contributed by atoms with Crippen LogP contribution >= 0.6 is 0 Å². The van der Waals surface area contributed by atoms with E-state index in [0.29, 0.717) is 13.1 Å². The van der Waals surface area contributed by atoms with Gasteiger partial charge in [-0.1, -0.05) is 0 Å². The number of aromatic hydroxyl groups is 1. The van der Waals surface area contributed by atoms with E-state index in [1.807, 2.05) is 13.8 Å². The Morgan fingerprint density at radius 3 is 2.45 bits per heavy atom. The number of hydrogen-bond acceptors (Lipinski definition) is 3. The first-order valence-corrected chi connectivity index (χ1v) is 6.48. The summed E-state index contributed by atoms with van der Waals surface area (Å²) in [6, 6.07) is 2.39. The van der Waals surface area contributed by atoms with Gasteiger partial charge in [0.05, 0.1) is 5.56 Å². The van der Waals surface area contributed by atoms with Gasteiger partial charge in [-0.15, -0.1) is 0 Å². The molecular formula is C14H19FN2O3. The van der Waals surface area contributed by atoms with Crippen LogP contribution in [-0.4, -0.2) is 41.0 Å². The number of phenolic OH excluding ortho intramolecular Hbond substituents is 1. The van der Waals surface area contributed by atoms with Gasteiger partial charge in [-0.3, -0.25) is 9.59 Å². The molecule has 0 aromatic heterocycles. The molecule has 0 saturated heterocycles. The second kappa shape index (κ2) is 6.88. The van der Waals surface area contributed by atoms with Gasteiger partial charge in [0.1, 0.15) is 17.6 Å². The quantitative estimate of drug-likeness (QED) is 0.860. The zero-order valence-corrected chi connectivity index (χ0v) is 11.8. The normalized spacial score (nSPS) is 11.8. The molecule has 0 fully saturated rings. The zero-order valence-electron chi connectivity index (χ0n) is 11.8. The summed E-state index contributed by atoms with van der Waals surface area (Å²) in [5.74, 6) is -1.91. The van der Waals surface area contributed by atoms with Gasteiger partial charge < -0.3 is 15.3 Å². The number of amides is 2. The van der Waals surface area contributed by atoms with Gasteiger partial charge in [-0.05, 0) is 32.9 Å². The van der Waals surface area contributed by atoms with E-state index in [-0.39, 0.29) is 11.5 Å². The van der Waals surface area contributed by atoms with Crippen LogP contribution in [0.3, 0.4) is 0 Å². The fourth-order valence-electron chi connectivity index (χ4n) is 1.84. The van der Waals surface area contributed by atoms with Gasteiger partial charge in [0, 0.05) is 19.2 Å². The third kappa shape index (κ3) is 3.69. The number of nitrogens with zero attached hydrogens (tertiary/aromatic N) is 1. The summed E-state index contributed by atoms with van der Waals surface area (Å²) in [4.78, 5) is 25.5. The summed E-state index contributed by atoms with van der Waals surface area (Å²) >= 11 is 0. The molecule has 1 rings (SSSR count). The van der Waals surface area contributed by atoms with E-state index in [1.54, 1.807) is 11.8 Å². The highest BCUT2D eigenvalue weighted by atomic mass is 19.1. The van der Waals surface area contributed by atoms with Crippen LogP contribution in [0.25, 0.3) is 0 Å². The lowest BCUT2D eigenvalue weighted by Gasteiger charge is -2.23. The number of rotatable bonds is 5. The summed E-state index contributed by atoms with van der Waals surface area (Å²) < 4.78 is 12.8. The van der Waals surface area contributed by atoms with E-state index in [9.17, 15) is 19.1 Å². The highest BCUT2D eigenvalue weighted by Crippen LogP contribution is 2.17. The van der Waals surface area contributed by atoms with Crippen molar-refractivity contribution in [1.29, 1.82) is 0 Å². The lowest BCUT2D eigenvalue weighted by Crippen LogP contribution is -2.46. The van der Waals surface area contributed by atoms with E-state index in [4.69, 9.17) is 0 Å². The standard InChI is InChI=1S/C14H19FN2O3/c1-4-17(5-2)14(20)9(3)16-13(19)11-7-6-10(15)8-12(11)18/h6-9,18H,4-5H2,1-3H3,(H,16,19). The Morgan fingerprint density at radius 2 is 1.95 bits per heavy atom. The molecule has 20 heavy (non-hydrogen) atoms. The molecule has 0 spiro atoms. The number of nitrogens with one attached hydrogen (secondary N) is 1. The lowest BCUT2D eigenvalue weighted by atomic mass is 10.1. The molecule has 6 heteroatoms. The van der Waals surface area contributed by atoms with Crippen LogP contribution in [0.4, 0.5) is 4.39 Å². The number of carbonyl (C=O) groups excluding carboxylic acids is 2. The van der Waals surface area contributed by atoms with Gasteiger partial charge >= 0.3 is 0 Å². The van der Waals surface area contributed by atoms with Gasteiger partial charge in [0.25, 0.3) is 5.91 Å².